The van der Waals surface area contributed by atoms with Crippen LogP contribution in [0.3, 0.4) is 0 Å². The first-order valence-electron chi connectivity index (χ1n) is 7.19. The zero-order valence-electron chi connectivity index (χ0n) is 12.2. The van der Waals surface area contributed by atoms with Crippen molar-refractivity contribution in [3.8, 4) is 0 Å². The highest BCUT2D eigenvalue weighted by Gasteiger charge is 2.21. The largest absolute Gasteiger partial charge is 0.389 e. The molecule has 2 heterocycles. The van der Waals surface area contributed by atoms with Gasteiger partial charge in [-0.1, -0.05) is 26.1 Å². The molecule has 1 aromatic rings. The molecule has 0 saturated carbocycles. The zero-order chi connectivity index (χ0) is 14.5. The van der Waals surface area contributed by atoms with Gasteiger partial charge in [0.25, 0.3) is 0 Å². The van der Waals surface area contributed by atoms with Crippen LogP contribution in [0.5, 0.6) is 0 Å². The van der Waals surface area contributed by atoms with E-state index < -0.39 is 0 Å². The summed E-state index contributed by atoms with van der Waals surface area (Å²) in [4.78, 5) is 2.73. The molecule has 0 aliphatic carbocycles. The van der Waals surface area contributed by atoms with Crippen molar-refractivity contribution in [3.05, 3.63) is 16.8 Å². The molecule has 20 heavy (non-hydrogen) atoms. The van der Waals surface area contributed by atoms with Gasteiger partial charge in [0.1, 0.15) is 4.99 Å². The molecule has 6 heteroatoms. The minimum Gasteiger partial charge on any atom is -0.389 e. The predicted molar refractivity (Wildman–Crippen MR) is 90.8 cm³/mol. The van der Waals surface area contributed by atoms with Gasteiger partial charge >= 0.3 is 0 Å². The summed E-state index contributed by atoms with van der Waals surface area (Å²) in [6, 6.07) is 0. The summed E-state index contributed by atoms with van der Waals surface area (Å²) in [7, 11) is 0. The Balaban J connectivity index is 2.48. The fraction of sp³-hybridized carbons (Fsp3) is 0.643. The summed E-state index contributed by atoms with van der Waals surface area (Å²) >= 11 is 7.28. The number of nitrogens with two attached hydrogens (primary N) is 1. The molecule has 0 unspecified atom stereocenters. The molecule has 0 spiro atoms. The summed E-state index contributed by atoms with van der Waals surface area (Å²) in [5.41, 5.74) is 9.12. The quantitative estimate of drug-likeness (QED) is 0.860. The second kappa shape index (κ2) is 7.22. The van der Waals surface area contributed by atoms with E-state index in [1.165, 1.54) is 17.7 Å². The normalized spacial score (nSPS) is 16.0. The highest BCUT2D eigenvalue weighted by Crippen LogP contribution is 2.25. The van der Waals surface area contributed by atoms with Crippen molar-refractivity contribution in [2.24, 2.45) is 5.73 Å². The summed E-state index contributed by atoms with van der Waals surface area (Å²) in [6.45, 7) is 6.21. The molecule has 1 aliphatic heterocycles. The highest BCUT2D eigenvalue weighted by molar-refractivity contribution is 7.99. The Bertz CT molecular complexity index is 482. The van der Waals surface area contributed by atoms with Crippen LogP contribution in [0.4, 0.5) is 5.82 Å². The van der Waals surface area contributed by atoms with Gasteiger partial charge < -0.3 is 10.6 Å². The predicted octanol–water partition coefficient (Wildman–Crippen LogP) is 2.18. The lowest BCUT2D eigenvalue weighted by atomic mass is 10.0. The lowest BCUT2D eigenvalue weighted by Gasteiger charge is -2.25. The van der Waals surface area contributed by atoms with Crippen molar-refractivity contribution in [1.82, 2.24) is 10.2 Å². The van der Waals surface area contributed by atoms with Crippen LogP contribution < -0.4 is 10.6 Å². The van der Waals surface area contributed by atoms with Crippen molar-refractivity contribution in [2.45, 2.75) is 33.1 Å². The Morgan fingerprint density at radius 1 is 1.25 bits per heavy atom. The van der Waals surface area contributed by atoms with Crippen LogP contribution in [0.15, 0.2) is 0 Å². The smallest absolute Gasteiger partial charge is 0.161 e. The Kier molecular flexibility index (Phi) is 5.60. The van der Waals surface area contributed by atoms with E-state index in [1.54, 1.807) is 0 Å². The third kappa shape index (κ3) is 3.23. The van der Waals surface area contributed by atoms with Crippen LogP contribution >= 0.6 is 24.0 Å². The first-order valence-corrected chi connectivity index (χ1v) is 8.76. The molecule has 0 bridgehead atoms. The summed E-state index contributed by atoms with van der Waals surface area (Å²) in [6.07, 6.45) is 2.92. The van der Waals surface area contributed by atoms with E-state index in [0.717, 1.165) is 48.8 Å². The number of aryl methyl sites for hydroxylation is 1. The number of thiocarbonyl (C=S) groups is 1. The van der Waals surface area contributed by atoms with Gasteiger partial charge in [-0.3, -0.25) is 0 Å². The van der Waals surface area contributed by atoms with Gasteiger partial charge in [0, 0.05) is 18.8 Å². The van der Waals surface area contributed by atoms with E-state index in [-0.39, 0.29) is 0 Å². The molecule has 0 amide bonds. The van der Waals surface area contributed by atoms with E-state index in [1.807, 2.05) is 11.8 Å². The minimum absolute atomic E-state index is 0.443. The van der Waals surface area contributed by atoms with Crippen molar-refractivity contribution in [3.63, 3.8) is 0 Å². The molecule has 110 valence electrons. The summed E-state index contributed by atoms with van der Waals surface area (Å²) in [5.74, 6) is 3.21. The van der Waals surface area contributed by atoms with E-state index >= 15 is 0 Å². The second-order valence-electron chi connectivity index (χ2n) is 4.85. The van der Waals surface area contributed by atoms with Gasteiger partial charge in [0.2, 0.25) is 0 Å². The van der Waals surface area contributed by atoms with Gasteiger partial charge in [-0.05, 0) is 30.6 Å². The van der Waals surface area contributed by atoms with Crippen LogP contribution in [0.1, 0.15) is 37.1 Å². The molecule has 2 rings (SSSR count). The zero-order valence-corrected chi connectivity index (χ0v) is 13.8. The molecule has 1 aliphatic rings. The van der Waals surface area contributed by atoms with Crippen LogP contribution in [0.25, 0.3) is 0 Å². The van der Waals surface area contributed by atoms with Gasteiger partial charge in [0.15, 0.2) is 5.82 Å². The summed E-state index contributed by atoms with van der Waals surface area (Å²) in [5, 5.41) is 8.85. The van der Waals surface area contributed by atoms with Crippen LogP contribution in [0.2, 0.25) is 0 Å². The molecule has 1 fully saturated rings. The molecule has 0 radical (unpaired) electrons. The van der Waals surface area contributed by atoms with Crippen molar-refractivity contribution >= 4 is 34.8 Å². The Hall–Kier alpha value is -0.880. The maximum Gasteiger partial charge on any atom is 0.161 e. The average Bonchev–Trinajstić information content (AvgIpc) is 2.74. The van der Waals surface area contributed by atoms with Crippen molar-refractivity contribution in [2.75, 3.05) is 29.5 Å². The first-order chi connectivity index (χ1) is 9.69. The Morgan fingerprint density at radius 3 is 2.70 bits per heavy atom. The molecule has 2 N–H and O–H groups in total. The maximum absolute atomic E-state index is 5.99. The van der Waals surface area contributed by atoms with E-state index in [0.29, 0.717) is 4.99 Å². The number of hydrogen-bond donors (Lipinski definition) is 1. The van der Waals surface area contributed by atoms with Gasteiger partial charge in [0.05, 0.1) is 11.3 Å². The number of thioether (sulfide) groups is 1. The highest BCUT2D eigenvalue weighted by atomic mass is 32.2. The molecule has 0 atom stereocenters. The second-order valence-corrected chi connectivity index (χ2v) is 6.51. The van der Waals surface area contributed by atoms with E-state index in [9.17, 15) is 0 Å². The Morgan fingerprint density at radius 2 is 2.05 bits per heavy atom. The molecule has 4 nitrogen and oxygen atoms in total. The van der Waals surface area contributed by atoms with Crippen LogP contribution in [-0.4, -0.2) is 39.8 Å². The number of anilines is 1. The minimum atomic E-state index is 0.443. The third-order valence-electron chi connectivity index (χ3n) is 3.60. The summed E-state index contributed by atoms with van der Waals surface area (Å²) < 4.78 is 0. The topological polar surface area (TPSA) is 55.0 Å². The first kappa shape index (κ1) is 15.5. The standard InChI is InChI=1S/C14H22N4S2/c1-3-10-11(4-2)16-17-14(12(10)13(15)19)18-6-5-8-20-9-7-18/h3-9H2,1-2H3,(H2,15,19). The lowest BCUT2D eigenvalue weighted by molar-refractivity contribution is 0.770. The SMILES string of the molecule is CCc1nnc(N2CCCSCC2)c(C(N)=S)c1CC. The van der Waals surface area contributed by atoms with Gasteiger partial charge in [-0.15, -0.1) is 5.10 Å². The monoisotopic (exact) mass is 310 g/mol. The number of hydrogen-bond acceptors (Lipinski definition) is 5. The van der Waals surface area contributed by atoms with E-state index in [4.69, 9.17) is 18.0 Å². The van der Waals surface area contributed by atoms with Crippen LogP contribution in [0, 0.1) is 0 Å². The number of aromatic nitrogens is 2. The van der Waals surface area contributed by atoms with Gasteiger partial charge in [-0.25, -0.2) is 0 Å². The average molecular weight is 310 g/mol. The fourth-order valence-electron chi connectivity index (χ4n) is 2.60. The molecule has 1 saturated heterocycles. The molecular weight excluding hydrogens is 288 g/mol. The molecular formula is C14H22N4S2. The number of rotatable bonds is 4. The maximum atomic E-state index is 5.99. The number of nitrogens with zero attached hydrogens (tertiary/aromatic N) is 3. The van der Waals surface area contributed by atoms with Crippen molar-refractivity contribution in [1.29, 1.82) is 0 Å². The molecule has 1 aromatic heterocycles. The molecule has 0 aromatic carbocycles. The van der Waals surface area contributed by atoms with Crippen molar-refractivity contribution < 1.29 is 0 Å². The lowest BCUT2D eigenvalue weighted by Crippen LogP contribution is -2.31. The fourth-order valence-corrected chi connectivity index (χ4v) is 3.70. The van der Waals surface area contributed by atoms with E-state index in [2.05, 4.69) is 28.9 Å². The Labute approximate surface area is 130 Å². The van der Waals surface area contributed by atoms with Gasteiger partial charge in [-0.2, -0.15) is 16.9 Å². The third-order valence-corrected chi connectivity index (χ3v) is 4.85. The van der Waals surface area contributed by atoms with Crippen LogP contribution in [-0.2, 0) is 12.8 Å².